The van der Waals surface area contributed by atoms with Crippen molar-refractivity contribution in [2.45, 2.75) is 47.6 Å². The molecule has 27 heavy (non-hydrogen) atoms. The number of hydrogen-bond acceptors (Lipinski definition) is 3. The van der Waals surface area contributed by atoms with Gasteiger partial charge in [-0.3, -0.25) is 9.59 Å². The average molecular weight is 368 g/mol. The van der Waals surface area contributed by atoms with Crippen LogP contribution in [0.2, 0.25) is 0 Å². The molecule has 0 aliphatic rings. The molecule has 144 valence electrons. The summed E-state index contributed by atoms with van der Waals surface area (Å²) in [7, 11) is 0. The van der Waals surface area contributed by atoms with Crippen LogP contribution in [0.4, 0.5) is 11.4 Å². The van der Waals surface area contributed by atoms with Crippen molar-refractivity contribution in [3.8, 4) is 5.75 Å². The Morgan fingerprint density at radius 2 is 1.37 bits per heavy atom. The summed E-state index contributed by atoms with van der Waals surface area (Å²) in [5, 5.41) is 5.62. The second kappa shape index (κ2) is 8.25. The van der Waals surface area contributed by atoms with Gasteiger partial charge in [0.2, 0.25) is 11.8 Å². The highest BCUT2D eigenvalue weighted by Gasteiger charge is 2.36. The average Bonchev–Trinajstić information content (AvgIpc) is 2.59. The van der Waals surface area contributed by atoms with Crippen molar-refractivity contribution in [1.29, 1.82) is 0 Å². The van der Waals surface area contributed by atoms with Gasteiger partial charge in [0, 0.05) is 11.4 Å². The van der Waals surface area contributed by atoms with E-state index in [9.17, 15) is 9.59 Å². The number of rotatable bonds is 6. The predicted octanol–water partition coefficient (Wildman–Crippen LogP) is 4.69. The van der Waals surface area contributed by atoms with E-state index in [-0.39, 0.29) is 17.9 Å². The lowest BCUT2D eigenvalue weighted by Crippen LogP contribution is -2.41. The van der Waals surface area contributed by atoms with Gasteiger partial charge < -0.3 is 15.4 Å². The molecule has 2 amide bonds. The van der Waals surface area contributed by atoms with Crippen molar-refractivity contribution in [3.05, 3.63) is 53.6 Å². The number of aryl methyl sites for hydroxylation is 2. The Morgan fingerprint density at radius 1 is 0.852 bits per heavy atom. The van der Waals surface area contributed by atoms with Crippen LogP contribution < -0.4 is 15.4 Å². The second-order valence-corrected chi connectivity index (χ2v) is 7.52. The number of carbonyl (C=O) groups excluding carboxylic acids is 2. The Bertz CT molecular complexity index is 824. The number of carbonyl (C=O) groups is 2. The zero-order chi connectivity index (χ0) is 20.2. The van der Waals surface area contributed by atoms with E-state index in [2.05, 4.69) is 10.6 Å². The van der Waals surface area contributed by atoms with Crippen LogP contribution in [0.3, 0.4) is 0 Å². The fraction of sp³-hybridized carbons (Fsp3) is 0.364. The molecule has 0 bridgehead atoms. The molecule has 0 heterocycles. The zero-order valence-electron chi connectivity index (χ0n) is 16.8. The molecule has 0 aliphatic carbocycles. The summed E-state index contributed by atoms with van der Waals surface area (Å²) in [5.74, 6) is -0.000816. The Hall–Kier alpha value is -2.82. The topological polar surface area (TPSA) is 67.4 Å². The largest absolute Gasteiger partial charge is 0.491 e. The first-order valence-electron chi connectivity index (χ1n) is 9.06. The van der Waals surface area contributed by atoms with Crippen LogP contribution >= 0.6 is 0 Å². The monoisotopic (exact) mass is 368 g/mol. The third-order valence-corrected chi connectivity index (χ3v) is 4.38. The summed E-state index contributed by atoms with van der Waals surface area (Å²) in [6, 6.07) is 12.8. The SMILES string of the molecule is Cc1ccc(NC(=O)C(C)(C)C(=O)Nc2ccc(OC(C)C)cc2)cc1C. The third-order valence-electron chi connectivity index (χ3n) is 4.38. The number of benzene rings is 2. The van der Waals surface area contributed by atoms with Crippen molar-refractivity contribution >= 4 is 23.2 Å². The summed E-state index contributed by atoms with van der Waals surface area (Å²) < 4.78 is 5.59. The molecular formula is C22H28N2O3. The molecular weight excluding hydrogens is 340 g/mol. The van der Waals surface area contributed by atoms with Crippen LogP contribution in [0.1, 0.15) is 38.8 Å². The normalized spacial score (nSPS) is 11.2. The van der Waals surface area contributed by atoms with Gasteiger partial charge in [0.15, 0.2) is 0 Å². The van der Waals surface area contributed by atoms with Gasteiger partial charge in [-0.05, 0) is 89.1 Å². The van der Waals surface area contributed by atoms with Gasteiger partial charge in [0.05, 0.1) is 6.10 Å². The molecule has 0 saturated carbocycles. The maximum Gasteiger partial charge on any atom is 0.239 e. The van der Waals surface area contributed by atoms with Crippen LogP contribution in [-0.4, -0.2) is 17.9 Å². The van der Waals surface area contributed by atoms with Gasteiger partial charge in [-0.1, -0.05) is 6.07 Å². The van der Waals surface area contributed by atoms with Crippen molar-refractivity contribution in [2.24, 2.45) is 5.41 Å². The zero-order valence-corrected chi connectivity index (χ0v) is 16.8. The summed E-state index contributed by atoms with van der Waals surface area (Å²) in [4.78, 5) is 25.3. The quantitative estimate of drug-likeness (QED) is 0.727. The van der Waals surface area contributed by atoms with Gasteiger partial charge in [0.25, 0.3) is 0 Å². The van der Waals surface area contributed by atoms with Crippen LogP contribution in [0, 0.1) is 19.3 Å². The maximum absolute atomic E-state index is 12.6. The molecule has 2 aromatic carbocycles. The van der Waals surface area contributed by atoms with Crippen molar-refractivity contribution in [3.63, 3.8) is 0 Å². The second-order valence-electron chi connectivity index (χ2n) is 7.52. The maximum atomic E-state index is 12.6. The van der Waals surface area contributed by atoms with E-state index < -0.39 is 5.41 Å². The van der Waals surface area contributed by atoms with Crippen LogP contribution in [0.15, 0.2) is 42.5 Å². The molecule has 0 spiro atoms. The van der Waals surface area contributed by atoms with Crippen molar-refractivity contribution in [1.82, 2.24) is 0 Å². The Kier molecular flexibility index (Phi) is 6.26. The summed E-state index contributed by atoms with van der Waals surface area (Å²) in [5.41, 5.74) is 2.29. The molecule has 0 radical (unpaired) electrons. The number of hydrogen-bond donors (Lipinski definition) is 2. The summed E-state index contributed by atoms with van der Waals surface area (Å²) in [6.45, 7) is 11.1. The molecule has 0 fully saturated rings. The Labute approximate surface area is 161 Å². The molecule has 0 aliphatic heterocycles. The van der Waals surface area contributed by atoms with Crippen LogP contribution in [0.5, 0.6) is 5.75 Å². The minimum atomic E-state index is -1.23. The first-order chi connectivity index (χ1) is 12.6. The van der Waals surface area contributed by atoms with Gasteiger partial charge >= 0.3 is 0 Å². The molecule has 0 unspecified atom stereocenters. The summed E-state index contributed by atoms with van der Waals surface area (Å²) >= 11 is 0. The lowest BCUT2D eigenvalue weighted by molar-refractivity contribution is -0.135. The minimum Gasteiger partial charge on any atom is -0.491 e. The number of anilines is 2. The molecule has 5 nitrogen and oxygen atoms in total. The van der Waals surface area contributed by atoms with E-state index in [1.54, 1.807) is 38.1 Å². The van der Waals surface area contributed by atoms with Gasteiger partial charge in [0.1, 0.15) is 11.2 Å². The van der Waals surface area contributed by atoms with Gasteiger partial charge in [-0.25, -0.2) is 0 Å². The highest BCUT2D eigenvalue weighted by Crippen LogP contribution is 2.24. The van der Waals surface area contributed by atoms with E-state index in [4.69, 9.17) is 4.74 Å². The molecule has 2 aromatic rings. The predicted molar refractivity (Wildman–Crippen MR) is 109 cm³/mol. The minimum absolute atomic E-state index is 0.0819. The smallest absolute Gasteiger partial charge is 0.239 e. The fourth-order valence-corrected chi connectivity index (χ4v) is 2.39. The lowest BCUT2D eigenvalue weighted by atomic mass is 9.90. The Morgan fingerprint density at radius 3 is 1.89 bits per heavy atom. The third kappa shape index (κ3) is 5.33. The molecule has 2 N–H and O–H groups in total. The molecule has 5 heteroatoms. The van der Waals surface area contributed by atoms with Crippen LogP contribution in [0.25, 0.3) is 0 Å². The molecule has 2 rings (SSSR count). The molecule has 0 aromatic heterocycles. The lowest BCUT2D eigenvalue weighted by Gasteiger charge is -2.23. The van der Waals surface area contributed by atoms with E-state index in [0.29, 0.717) is 11.4 Å². The van der Waals surface area contributed by atoms with Crippen molar-refractivity contribution in [2.75, 3.05) is 10.6 Å². The fourth-order valence-electron chi connectivity index (χ4n) is 2.39. The van der Waals surface area contributed by atoms with E-state index in [0.717, 1.165) is 16.9 Å². The molecule has 0 atom stereocenters. The standard InChI is InChI=1S/C22H28N2O3/c1-14(2)27-19-11-9-17(10-12-19)23-20(25)22(5,6)21(26)24-18-8-7-15(3)16(4)13-18/h7-14H,1-6H3,(H,23,25)(H,24,26). The van der Waals surface area contributed by atoms with Crippen LogP contribution in [-0.2, 0) is 9.59 Å². The van der Waals surface area contributed by atoms with E-state index in [1.165, 1.54) is 0 Å². The first kappa shape index (κ1) is 20.5. The van der Waals surface area contributed by atoms with Gasteiger partial charge in [-0.2, -0.15) is 0 Å². The number of ether oxygens (including phenoxy) is 1. The van der Waals surface area contributed by atoms with E-state index >= 15 is 0 Å². The van der Waals surface area contributed by atoms with Gasteiger partial charge in [-0.15, -0.1) is 0 Å². The van der Waals surface area contributed by atoms with Crippen molar-refractivity contribution < 1.29 is 14.3 Å². The number of nitrogens with one attached hydrogen (secondary N) is 2. The Balaban J connectivity index is 2.04. The highest BCUT2D eigenvalue weighted by molar-refractivity contribution is 6.14. The number of amides is 2. The summed E-state index contributed by atoms with van der Waals surface area (Å²) in [6.07, 6.45) is 0.0819. The first-order valence-corrected chi connectivity index (χ1v) is 9.06. The van der Waals surface area contributed by atoms with E-state index in [1.807, 2.05) is 45.9 Å². The highest BCUT2D eigenvalue weighted by atomic mass is 16.5. The molecule has 0 saturated heterocycles.